The second kappa shape index (κ2) is 15.9. The Bertz CT molecular complexity index is 3540. The Labute approximate surface area is 355 Å². The third-order valence-corrected chi connectivity index (χ3v) is 11.5. The highest BCUT2D eigenvalue weighted by Gasteiger charge is 2.14. The lowest BCUT2D eigenvalue weighted by molar-refractivity contribution is 0.668. The number of rotatable bonds is 5. The van der Waals surface area contributed by atoms with Crippen LogP contribution in [-0.4, -0.2) is 0 Å². The number of fused-ring (bicyclic) bond motifs is 9. The molecule has 0 amide bonds. The Morgan fingerprint density at radius 3 is 0.721 bits per heavy atom. The van der Waals surface area contributed by atoms with Gasteiger partial charge < -0.3 is 13.3 Å². The number of furan rings is 3. The molecule has 0 N–H and O–H groups in total. The lowest BCUT2D eigenvalue weighted by Crippen LogP contribution is -1.85. The van der Waals surface area contributed by atoms with Crippen molar-refractivity contribution in [2.45, 2.75) is 27.7 Å². The first kappa shape index (κ1) is 37.6. The van der Waals surface area contributed by atoms with Crippen LogP contribution in [0.25, 0.3) is 121 Å². The third-order valence-electron chi connectivity index (χ3n) is 11.5. The van der Waals surface area contributed by atoms with Crippen molar-refractivity contribution < 1.29 is 13.3 Å². The Balaban J connectivity index is 0.00000108. The van der Waals surface area contributed by atoms with E-state index in [-0.39, 0.29) is 0 Å². The average Bonchev–Trinajstić information content (AvgIpc) is 4.03. The summed E-state index contributed by atoms with van der Waals surface area (Å²) in [5.74, 6) is 0. The summed E-state index contributed by atoms with van der Waals surface area (Å²) >= 11 is 0. The van der Waals surface area contributed by atoms with Crippen molar-refractivity contribution in [2.24, 2.45) is 0 Å². The summed E-state index contributed by atoms with van der Waals surface area (Å²) in [6, 6.07) is 68.9. The molecule has 9 aromatic carbocycles. The fourth-order valence-corrected chi connectivity index (χ4v) is 8.58. The maximum atomic E-state index is 6.35. The van der Waals surface area contributed by atoms with E-state index in [0.717, 1.165) is 88.1 Å². The maximum Gasteiger partial charge on any atom is 0.135 e. The molecule has 12 aromatic rings. The first-order chi connectivity index (χ1) is 30.2. The van der Waals surface area contributed by atoms with Gasteiger partial charge in [-0.2, -0.15) is 0 Å². The summed E-state index contributed by atoms with van der Waals surface area (Å²) in [4.78, 5) is 0. The van der Waals surface area contributed by atoms with Crippen LogP contribution in [-0.2, 0) is 0 Å². The quantitative estimate of drug-likeness (QED) is 0.174. The summed E-state index contributed by atoms with van der Waals surface area (Å²) in [7, 11) is 0. The molecule has 0 atom stereocenters. The van der Waals surface area contributed by atoms with Gasteiger partial charge in [-0.3, -0.25) is 0 Å². The summed E-state index contributed by atoms with van der Waals surface area (Å²) in [5, 5.41) is 6.74. The van der Waals surface area contributed by atoms with Gasteiger partial charge >= 0.3 is 0 Å². The highest BCUT2D eigenvalue weighted by Crippen LogP contribution is 2.39. The normalized spacial score (nSPS) is 11.3. The predicted molar refractivity (Wildman–Crippen MR) is 258 cm³/mol. The van der Waals surface area contributed by atoms with Gasteiger partial charge in [-0.1, -0.05) is 143 Å². The highest BCUT2D eigenvalue weighted by molar-refractivity contribution is 6.10. The fraction of sp³-hybridized carbons (Fsp3) is 0.0690. The Kier molecular flexibility index (Phi) is 9.78. The van der Waals surface area contributed by atoms with E-state index in [1.165, 1.54) is 33.4 Å². The van der Waals surface area contributed by atoms with Crippen LogP contribution >= 0.6 is 0 Å². The van der Waals surface area contributed by atoms with Gasteiger partial charge in [-0.25, -0.2) is 0 Å². The van der Waals surface area contributed by atoms with Crippen LogP contribution in [0.3, 0.4) is 0 Å². The minimum Gasteiger partial charge on any atom is -0.456 e. The Morgan fingerprint density at radius 2 is 0.426 bits per heavy atom. The second-order valence-electron chi connectivity index (χ2n) is 14.9. The van der Waals surface area contributed by atoms with Gasteiger partial charge in [0.25, 0.3) is 0 Å². The summed E-state index contributed by atoms with van der Waals surface area (Å²) in [5.41, 5.74) is 17.0. The maximum absolute atomic E-state index is 6.35. The number of hydrogen-bond donors (Lipinski definition) is 0. The van der Waals surface area contributed by atoms with Gasteiger partial charge in [0.1, 0.15) is 33.5 Å². The highest BCUT2D eigenvalue weighted by atomic mass is 16.3. The van der Waals surface area contributed by atoms with Gasteiger partial charge in [0.05, 0.1) is 0 Å². The molecule has 0 saturated heterocycles. The van der Waals surface area contributed by atoms with E-state index in [2.05, 4.69) is 170 Å². The van der Waals surface area contributed by atoms with Crippen LogP contribution in [0.4, 0.5) is 0 Å². The number of hydrogen-bond acceptors (Lipinski definition) is 3. The van der Waals surface area contributed by atoms with Crippen molar-refractivity contribution in [3.63, 3.8) is 0 Å². The summed E-state index contributed by atoms with van der Waals surface area (Å²) in [6.45, 7) is 8.00. The predicted octanol–water partition coefficient (Wildman–Crippen LogP) is 17.8. The van der Waals surface area contributed by atoms with Crippen LogP contribution in [0.1, 0.15) is 27.7 Å². The third kappa shape index (κ3) is 6.75. The van der Waals surface area contributed by atoms with E-state index in [1.54, 1.807) is 0 Å². The minimum atomic E-state index is 0.880. The minimum absolute atomic E-state index is 0.880. The summed E-state index contributed by atoms with van der Waals surface area (Å²) in [6.07, 6.45) is 0. The molecule has 0 radical (unpaired) electrons. The van der Waals surface area contributed by atoms with Crippen LogP contribution in [0.15, 0.2) is 207 Å². The van der Waals surface area contributed by atoms with Crippen LogP contribution in [0.5, 0.6) is 0 Å². The molecule has 61 heavy (non-hydrogen) atoms. The van der Waals surface area contributed by atoms with Crippen molar-refractivity contribution >= 4 is 65.8 Å². The average molecular weight is 789 g/mol. The van der Waals surface area contributed by atoms with E-state index in [4.69, 9.17) is 13.3 Å². The van der Waals surface area contributed by atoms with Gasteiger partial charge in [-0.05, 0) is 134 Å². The van der Waals surface area contributed by atoms with Gasteiger partial charge in [0, 0.05) is 32.3 Å². The SMILES string of the molecule is CC.CC.c1cc(-c2cccc(-c3ccc4oc5ccccc5c4c3)c2)cc(-c2cccc(-c3ccc4oc5ccc(-c6ccc7oc8ccccc8c7c6)cc5c4c3)c2)c1. The molecular formula is C58H44O3. The van der Waals surface area contributed by atoms with Crippen molar-refractivity contribution in [2.75, 3.05) is 0 Å². The van der Waals surface area contributed by atoms with E-state index in [9.17, 15) is 0 Å². The van der Waals surface area contributed by atoms with Crippen molar-refractivity contribution in [3.05, 3.63) is 194 Å². The zero-order chi connectivity index (χ0) is 41.5. The number of para-hydroxylation sites is 2. The van der Waals surface area contributed by atoms with E-state index in [0.29, 0.717) is 0 Å². The molecular weight excluding hydrogens is 745 g/mol. The fourth-order valence-electron chi connectivity index (χ4n) is 8.58. The molecule has 12 rings (SSSR count). The number of benzene rings is 9. The standard InChI is InChI=1S/C54H32O3.2C2H6/c1-3-16-49-43(14-1)45-29-39(18-22-51(45)55-49)37-12-6-10-35(27-37)33-8-5-9-34(26-33)36-11-7-13-38(28-36)40-19-24-53-47(31-40)48-32-42(21-25-54(48)57-53)41-20-23-52-46(30-41)44-15-2-4-17-50(44)56-52;2*1-2/h1-32H;2*1-2H3. The molecule has 0 unspecified atom stereocenters. The molecule has 0 fully saturated rings. The Morgan fingerprint density at radius 1 is 0.197 bits per heavy atom. The molecule has 3 aromatic heterocycles. The van der Waals surface area contributed by atoms with Crippen molar-refractivity contribution in [1.82, 2.24) is 0 Å². The monoisotopic (exact) mass is 788 g/mol. The first-order valence-electron chi connectivity index (χ1n) is 21.3. The molecule has 3 heteroatoms. The second-order valence-corrected chi connectivity index (χ2v) is 14.9. The zero-order valence-corrected chi connectivity index (χ0v) is 34.7. The Hall–Kier alpha value is -7.62. The largest absolute Gasteiger partial charge is 0.456 e. The molecule has 0 aliphatic heterocycles. The van der Waals surface area contributed by atoms with Crippen LogP contribution in [0.2, 0.25) is 0 Å². The molecule has 0 aliphatic rings. The molecule has 3 heterocycles. The topological polar surface area (TPSA) is 39.4 Å². The smallest absolute Gasteiger partial charge is 0.135 e. The first-order valence-corrected chi connectivity index (χ1v) is 21.3. The summed E-state index contributed by atoms with van der Waals surface area (Å²) < 4.78 is 18.5. The van der Waals surface area contributed by atoms with E-state index >= 15 is 0 Å². The van der Waals surface area contributed by atoms with Crippen molar-refractivity contribution in [3.8, 4) is 55.6 Å². The van der Waals surface area contributed by atoms with E-state index in [1.807, 2.05) is 52.0 Å². The zero-order valence-electron chi connectivity index (χ0n) is 34.7. The molecule has 3 nitrogen and oxygen atoms in total. The lowest BCUT2D eigenvalue weighted by Gasteiger charge is -2.10. The lowest BCUT2D eigenvalue weighted by atomic mass is 9.94. The molecule has 0 saturated carbocycles. The van der Waals surface area contributed by atoms with Gasteiger partial charge in [0.15, 0.2) is 0 Å². The molecule has 0 spiro atoms. The van der Waals surface area contributed by atoms with Crippen LogP contribution < -0.4 is 0 Å². The molecule has 0 aliphatic carbocycles. The van der Waals surface area contributed by atoms with Gasteiger partial charge in [-0.15, -0.1) is 0 Å². The van der Waals surface area contributed by atoms with E-state index < -0.39 is 0 Å². The van der Waals surface area contributed by atoms with Crippen LogP contribution in [0, 0.1) is 0 Å². The molecule has 294 valence electrons. The van der Waals surface area contributed by atoms with Gasteiger partial charge in [0.2, 0.25) is 0 Å². The molecule has 0 bridgehead atoms. The van der Waals surface area contributed by atoms with Crippen molar-refractivity contribution in [1.29, 1.82) is 0 Å².